The van der Waals surface area contributed by atoms with E-state index in [0.717, 1.165) is 35.2 Å². The van der Waals surface area contributed by atoms with Crippen LogP contribution in [0.2, 0.25) is 0 Å². The molecule has 1 aliphatic heterocycles. The van der Waals surface area contributed by atoms with Gasteiger partial charge in [0.2, 0.25) is 0 Å². The number of fused-ring (bicyclic) bond motifs is 2. The van der Waals surface area contributed by atoms with Gasteiger partial charge in [-0.15, -0.1) is 0 Å². The molecule has 1 amide bonds. The number of likely N-dealkylation sites (tertiary alicyclic amines) is 1. The predicted molar refractivity (Wildman–Crippen MR) is 90.8 cm³/mol. The lowest BCUT2D eigenvalue weighted by atomic mass is 9.74. The van der Waals surface area contributed by atoms with Crippen LogP contribution in [0.5, 0.6) is 5.75 Å². The largest absolute Gasteiger partial charge is 0.497 e. The standard InChI is InChI=1S/C19H24N2O2/c1-18(2)8-16-19(3,10-18)11-21(16)17(22)14-9-20-15-7-12(23-4)5-6-13(14)15/h5-7,9,16,20H,8,10-11H2,1-4H3. The predicted octanol–water partition coefficient (Wildman–Crippen LogP) is 3.83. The highest BCUT2D eigenvalue weighted by Crippen LogP contribution is 2.57. The van der Waals surface area contributed by atoms with Crippen molar-refractivity contribution in [1.29, 1.82) is 0 Å². The first kappa shape index (κ1) is 14.6. The van der Waals surface area contributed by atoms with Gasteiger partial charge in [-0.1, -0.05) is 20.8 Å². The summed E-state index contributed by atoms with van der Waals surface area (Å²) in [6.07, 6.45) is 4.15. The fraction of sp³-hybridized carbons (Fsp3) is 0.526. The molecule has 2 aliphatic rings. The summed E-state index contributed by atoms with van der Waals surface area (Å²) in [7, 11) is 1.65. The Hall–Kier alpha value is -1.97. The van der Waals surface area contributed by atoms with E-state index in [2.05, 4.69) is 30.7 Å². The minimum absolute atomic E-state index is 0.154. The molecular formula is C19H24N2O2. The van der Waals surface area contributed by atoms with Gasteiger partial charge in [0.25, 0.3) is 5.91 Å². The van der Waals surface area contributed by atoms with Crippen LogP contribution in [-0.4, -0.2) is 35.5 Å². The summed E-state index contributed by atoms with van der Waals surface area (Å²) in [5.41, 5.74) is 2.36. The van der Waals surface area contributed by atoms with Crippen LogP contribution in [0.1, 0.15) is 44.0 Å². The van der Waals surface area contributed by atoms with E-state index in [1.54, 1.807) is 7.11 Å². The highest BCUT2D eigenvalue weighted by atomic mass is 16.5. The van der Waals surface area contributed by atoms with E-state index in [1.165, 1.54) is 6.42 Å². The van der Waals surface area contributed by atoms with Crippen molar-refractivity contribution in [2.45, 2.75) is 39.7 Å². The molecule has 4 rings (SSSR count). The fourth-order valence-electron chi connectivity index (χ4n) is 4.86. The van der Waals surface area contributed by atoms with Crippen molar-refractivity contribution in [2.75, 3.05) is 13.7 Å². The minimum atomic E-state index is 0.154. The normalized spacial score (nSPS) is 28.5. The molecule has 1 aliphatic carbocycles. The van der Waals surface area contributed by atoms with Gasteiger partial charge in [-0.25, -0.2) is 0 Å². The molecule has 1 saturated carbocycles. The Labute approximate surface area is 136 Å². The van der Waals surface area contributed by atoms with Gasteiger partial charge in [0.15, 0.2) is 0 Å². The first-order valence-electron chi connectivity index (χ1n) is 8.29. The average Bonchev–Trinajstić information content (AvgIpc) is 2.99. The van der Waals surface area contributed by atoms with E-state index in [9.17, 15) is 4.79 Å². The summed E-state index contributed by atoms with van der Waals surface area (Å²) < 4.78 is 5.25. The molecule has 2 aromatic rings. The molecule has 1 N–H and O–H groups in total. The maximum Gasteiger partial charge on any atom is 0.256 e. The Balaban J connectivity index is 1.64. The molecule has 1 aromatic carbocycles. The number of carbonyl (C=O) groups is 1. The second kappa shape index (κ2) is 4.53. The van der Waals surface area contributed by atoms with Crippen molar-refractivity contribution in [3.63, 3.8) is 0 Å². The third-order valence-corrected chi connectivity index (χ3v) is 5.72. The second-order valence-corrected chi connectivity index (χ2v) is 8.26. The van der Waals surface area contributed by atoms with Crippen molar-refractivity contribution < 1.29 is 9.53 Å². The van der Waals surface area contributed by atoms with Gasteiger partial charge in [-0.3, -0.25) is 4.79 Å². The molecule has 2 atom stereocenters. The fourth-order valence-corrected chi connectivity index (χ4v) is 4.86. The van der Waals surface area contributed by atoms with Crippen molar-refractivity contribution in [1.82, 2.24) is 9.88 Å². The summed E-state index contributed by atoms with van der Waals surface area (Å²) in [4.78, 5) is 18.3. The van der Waals surface area contributed by atoms with E-state index in [-0.39, 0.29) is 5.91 Å². The maximum absolute atomic E-state index is 13.0. The van der Waals surface area contributed by atoms with Crippen LogP contribution < -0.4 is 4.74 Å². The van der Waals surface area contributed by atoms with Gasteiger partial charge >= 0.3 is 0 Å². The van der Waals surface area contributed by atoms with Crippen LogP contribution in [-0.2, 0) is 0 Å². The van der Waals surface area contributed by atoms with Crippen molar-refractivity contribution in [2.24, 2.45) is 10.8 Å². The molecule has 23 heavy (non-hydrogen) atoms. The lowest BCUT2D eigenvalue weighted by molar-refractivity contribution is -0.0214. The van der Waals surface area contributed by atoms with Crippen LogP contribution in [0.15, 0.2) is 24.4 Å². The van der Waals surface area contributed by atoms with Gasteiger partial charge in [0, 0.05) is 41.2 Å². The number of aromatic nitrogens is 1. The van der Waals surface area contributed by atoms with E-state index < -0.39 is 0 Å². The number of nitrogens with one attached hydrogen (secondary N) is 1. The number of H-pyrrole nitrogens is 1. The second-order valence-electron chi connectivity index (χ2n) is 8.26. The molecular weight excluding hydrogens is 288 g/mol. The van der Waals surface area contributed by atoms with Crippen LogP contribution in [0, 0.1) is 10.8 Å². The molecule has 2 heterocycles. The van der Waals surface area contributed by atoms with Crippen LogP contribution in [0.3, 0.4) is 0 Å². The molecule has 1 aromatic heterocycles. The maximum atomic E-state index is 13.0. The highest BCUT2D eigenvalue weighted by Gasteiger charge is 2.59. The lowest BCUT2D eigenvalue weighted by Crippen LogP contribution is -2.62. The molecule has 122 valence electrons. The number of hydrogen-bond acceptors (Lipinski definition) is 2. The van der Waals surface area contributed by atoms with E-state index in [1.807, 2.05) is 24.4 Å². The number of amides is 1. The third-order valence-electron chi connectivity index (χ3n) is 5.72. The Kier molecular flexibility index (Phi) is 2.88. The number of rotatable bonds is 2. The number of benzene rings is 1. The first-order chi connectivity index (χ1) is 10.8. The molecule has 0 radical (unpaired) electrons. The van der Waals surface area contributed by atoms with Crippen LogP contribution >= 0.6 is 0 Å². The molecule has 2 fully saturated rings. The molecule has 0 spiro atoms. The summed E-state index contributed by atoms with van der Waals surface area (Å²) in [5.74, 6) is 0.953. The lowest BCUT2D eigenvalue weighted by Gasteiger charge is -2.52. The van der Waals surface area contributed by atoms with E-state index >= 15 is 0 Å². The van der Waals surface area contributed by atoms with Crippen molar-refractivity contribution in [3.05, 3.63) is 30.0 Å². The van der Waals surface area contributed by atoms with E-state index in [4.69, 9.17) is 4.74 Å². The van der Waals surface area contributed by atoms with Crippen molar-refractivity contribution in [3.8, 4) is 5.75 Å². The SMILES string of the molecule is COc1ccc2c(C(=O)N3CC4(C)CC(C)(C)CC34)c[nH]c2c1. The molecule has 2 unspecified atom stereocenters. The van der Waals surface area contributed by atoms with Crippen LogP contribution in [0.4, 0.5) is 0 Å². The number of carbonyl (C=O) groups excluding carboxylic acids is 1. The summed E-state index contributed by atoms with van der Waals surface area (Å²) in [6, 6.07) is 6.19. The minimum Gasteiger partial charge on any atom is -0.497 e. The molecule has 0 bridgehead atoms. The number of methoxy groups -OCH3 is 1. The zero-order valence-corrected chi connectivity index (χ0v) is 14.3. The number of ether oxygens (including phenoxy) is 1. The molecule has 1 saturated heterocycles. The summed E-state index contributed by atoms with van der Waals surface area (Å²) in [6.45, 7) is 7.84. The molecule has 4 nitrogen and oxygen atoms in total. The van der Waals surface area contributed by atoms with Gasteiger partial charge < -0.3 is 14.6 Å². The monoisotopic (exact) mass is 312 g/mol. The zero-order chi connectivity index (χ0) is 16.4. The number of nitrogens with zero attached hydrogens (tertiary/aromatic N) is 1. The van der Waals surface area contributed by atoms with Gasteiger partial charge in [0.05, 0.1) is 12.7 Å². The molecule has 4 heteroatoms. The first-order valence-corrected chi connectivity index (χ1v) is 8.29. The zero-order valence-electron chi connectivity index (χ0n) is 14.3. The van der Waals surface area contributed by atoms with Crippen LogP contribution in [0.25, 0.3) is 10.9 Å². The van der Waals surface area contributed by atoms with Gasteiger partial charge in [-0.2, -0.15) is 0 Å². The van der Waals surface area contributed by atoms with Crippen molar-refractivity contribution >= 4 is 16.8 Å². The Bertz CT molecular complexity index is 792. The Morgan fingerprint density at radius 1 is 1.35 bits per heavy atom. The summed E-state index contributed by atoms with van der Waals surface area (Å²) in [5, 5.41) is 0.974. The van der Waals surface area contributed by atoms with Gasteiger partial charge in [-0.05, 0) is 30.4 Å². The number of aromatic amines is 1. The average molecular weight is 312 g/mol. The Morgan fingerprint density at radius 3 is 2.83 bits per heavy atom. The number of hydrogen-bond donors (Lipinski definition) is 1. The van der Waals surface area contributed by atoms with Gasteiger partial charge in [0.1, 0.15) is 5.75 Å². The summed E-state index contributed by atoms with van der Waals surface area (Å²) >= 11 is 0. The van der Waals surface area contributed by atoms with E-state index in [0.29, 0.717) is 16.9 Å². The Morgan fingerprint density at radius 2 is 2.13 bits per heavy atom. The smallest absolute Gasteiger partial charge is 0.256 e. The quantitative estimate of drug-likeness (QED) is 0.916. The third kappa shape index (κ3) is 2.07. The highest BCUT2D eigenvalue weighted by molar-refractivity contribution is 6.07. The topological polar surface area (TPSA) is 45.3 Å².